The van der Waals surface area contributed by atoms with Gasteiger partial charge in [0.15, 0.2) is 0 Å². The third-order valence-electron chi connectivity index (χ3n) is 2.73. The normalized spacial score (nSPS) is 20.9. The second-order valence-electron chi connectivity index (χ2n) is 4.76. The Balaban J connectivity index is 1.93. The second-order valence-corrected chi connectivity index (χ2v) is 5.54. The summed E-state index contributed by atoms with van der Waals surface area (Å²) in [5.41, 5.74) is 1.82. The number of likely N-dealkylation sites (tertiary alicyclic amines) is 1. The maximum absolute atomic E-state index is 2.41. The molecule has 1 aromatic heterocycles. The molecule has 0 spiro atoms. The number of hydrogen-bond donors (Lipinski definition) is 0. The van der Waals surface area contributed by atoms with Crippen molar-refractivity contribution in [3.63, 3.8) is 0 Å². The Hall–Kier alpha value is -0.760. The number of rotatable bonds is 2. The summed E-state index contributed by atoms with van der Waals surface area (Å²) in [6.07, 6.45) is 5.75. The van der Waals surface area contributed by atoms with E-state index in [4.69, 9.17) is 0 Å². The first kappa shape index (κ1) is 9.78. The lowest BCUT2D eigenvalue weighted by atomic mass is 9.93. The molecule has 0 atom stereocenters. The Morgan fingerprint density at radius 1 is 1.50 bits per heavy atom. The molecule has 2 heteroatoms. The predicted molar refractivity (Wildman–Crippen MR) is 63.3 cm³/mol. The molecule has 0 radical (unpaired) electrons. The predicted octanol–water partition coefficient (Wildman–Crippen LogP) is 3.45. The van der Waals surface area contributed by atoms with E-state index in [-0.39, 0.29) is 0 Å². The van der Waals surface area contributed by atoms with Gasteiger partial charge in [0, 0.05) is 13.1 Å². The Morgan fingerprint density at radius 2 is 2.36 bits per heavy atom. The number of hydrogen-bond acceptors (Lipinski definition) is 2. The van der Waals surface area contributed by atoms with E-state index in [1.54, 1.807) is 11.3 Å². The van der Waals surface area contributed by atoms with Gasteiger partial charge in [0.05, 0.1) is 0 Å². The van der Waals surface area contributed by atoms with Gasteiger partial charge in [-0.15, -0.1) is 0 Å². The van der Waals surface area contributed by atoms with Crippen LogP contribution in [0.3, 0.4) is 0 Å². The van der Waals surface area contributed by atoms with Crippen LogP contribution in [0, 0.1) is 5.41 Å². The molecule has 1 aromatic rings. The second kappa shape index (κ2) is 3.77. The minimum absolute atomic E-state index is 0.499. The van der Waals surface area contributed by atoms with Crippen LogP contribution in [0.5, 0.6) is 0 Å². The Bertz CT molecular complexity index is 311. The molecule has 0 N–H and O–H groups in total. The first-order valence-electron chi connectivity index (χ1n) is 5.10. The Labute approximate surface area is 90.1 Å². The lowest BCUT2D eigenvalue weighted by Crippen LogP contribution is -2.17. The zero-order chi connectivity index (χ0) is 10.0. The van der Waals surface area contributed by atoms with E-state index >= 15 is 0 Å². The van der Waals surface area contributed by atoms with Gasteiger partial charge in [-0.2, -0.15) is 11.3 Å². The molecule has 14 heavy (non-hydrogen) atoms. The van der Waals surface area contributed by atoms with Crippen LogP contribution in [0.25, 0.3) is 6.08 Å². The molecule has 1 aliphatic rings. The molecule has 1 fully saturated rings. The molecule has 0 saturated carbocycles. The highest BCUT2D eigenvalue weighted by Gasteiger charge is 2.26. The summed E-state index contributed by atoms with van der Waals surface area (Å²) in [5.74, 6) is 0. The highest BCUT2D eigenvalue weighted by Crippen LogP contribution is 2.29. The fourth-order valence-electron chi connectivity index (χ4n) is 1.84. The van der Waals surface area contributed by atoms with Gasteiger partial charge in [-0.25, -0.2) is 0 Å². The summed E-state index contributed by atoms with van der Waals surface area (Å²) in [4.78, 5) is 2.41. The van der Waals surface area contributed by atoms with Crippen molar-refractivity contribution < 1.29 is 0 Å². The van der Waals surface area contributed by atoms with E-state index in [1.165, 1.54) is 25.1 Å². The molecule has 0 aliphatic carbocycles. The van der Waals surface area contributed by atoms with Crippen molar-refractivity contribution in [1.29, 1.82) is 0 Å². The van der Waals surface area contributed by atoms with Gasteiger partial charge in [-0.3, -0.25) is 0 Å². The lowest BCUT2D eigenvalue weighted by molar-refractivity contribution is 0.360. The van der Waals surface area contributed by atoms with Crippen molar-refractivity contribution in [2.75, 3.05) is 13.1 Å². The third kappa shape index (κ3) is 2.38. The van der Waals surface area contributed by atoms with Crippen LogP contribution in [0.4, 0.5) is 0 Å². The summed E-state index contributed by atoms with van der Waals surface area (Å²) in [7, 11) is 0. The molecule has 76 valence electrons. The van der Waals surface area contributed by atoms with Gasteiger partial charge in [0.1, 0.15) is 0 Å². The molecule has 0 unspecified atom stereocenters. The van der Waals surface area contributed by atoms with Crippen LogP contribution in [0.2, 0.25) is 0 Å². The van der Waals surface area contributed by atoms with Crippen molar-refractivity contribution in [1.82, 2.24) is 4.90 Å². The minimum atomic E-state index is 0.499. The van der Waals surface area contributed by atoms with E-state index in [0.717, 1.165) is 0 Å². The first-order valence-corrected chi connectivity index (χ1v) is 6.04. The van der Waals surface area contributed by atoms with Gasteiger partial charge in [0.2, 0.25) is 0 Å². The fraction of sp³-hybridized carbons (Fsp3) is 0.500. The van der Waals surface area contributed by atoms with Crippen molar-refractivity contribution in [2.24, 2.45) is 5.41 Å². The quantitative estimate of drug-likeness (QED) is 0.718. The van der Waals surface area contributed by atoms with E-state index in [9.17, 15) is 0 Å². The largest absolute Gasteiger partial charge is 0.377 e. The van der Waals surface area contributed by atoms with Gasteiger partial charge in [-0.05, 0) is 46.5 Å². The van der Waals surface area contributed by atoms with Gasteiger partial charge < -0.3 is 4.90 Å². The van der Waals surface area contributed by atoms with Crippen LogP contribution in [0.1, 0.15) is 25.8 Å². The van der Waals surface area contributed by atoms with Crippen LogP contribution in [-0.2, 0) is 0 Å². The standard InChI is InChI=1S/C12H17NS/c1-12(2)5-7-13(10-12)6-3-11-4-8-14-9-11/h3-4,6,8-9H,5,7,10H2,1-2H3/b6-3+. The molecule has 0 amide bonds. The van der Waals surface area contributed by atoms with E-state index in [1.807, 2.05) is 0 Å². The van der Waals surface area contributed by atoms with Crippen molar-refractivity contribution in [2.45, 2.75) is 20.3 Å². The van der Waals surface area contributed by atoms with E-state index < -0.39 is 0 Å². The van der Waals surface area contributed by atoms with E-state index in [2.05, 4.69) is 47.8 Å². The summed E-state index contributed by atoms with van der Waals surface area (Å²) in [6, 6.07) is 2.16. The Morgan fingerprint density at radius 3 is 2.93 bits per heavy atom. The van der Waals surface area contributed by atoms with Crippen LogP contribution < -0.4 is 0 Å². The maximum atomic E-state index is 2.41. The maximum Gasteiger partial charge on any atom is 0.0224 e. The lowest BCUT2D eigenvalue weighted by Gasteiger charge is -2.17. The third-order valence-corrected chi connectivity index (χ3v) is 3.43. The zero-order valence-corrected chi connectivity index (χ0v) is 9.68. The highest BCUT2D eigenvalue weighted by atomic mass is 32.1. The smallest absolute Gasteiger partial charge is 0.0224 e. The van der Waals surface area contributed by atoms with E-state index in [0.29, 0.717) is 5.41 Å². The van der Waals surface area contributed by atoms with Crippen LogP contribution in [0.15, 0.2) is 23.0 Å². The summed E-state index contributed by atoms with van der Waals surface area (Å²) >= 11 is 1.75. The number of nitrogens with zero attached hydrogens (tertiary/aromatic N) is 1. The minimum Gasteiger partial charge on any atom is -0.377 e. The summed E-state index contributed by atoms with van der Waals surface area (Å²) < 4.78 is 0. The van der Waals surface area contributed by atoms with Gasteiger partial charge in [-0.1, -0.05) is 13.8 Å². The molecular formula is C12H17NS. The fourth-order valence-corrected chi connectivity index (χ4v) is 2.47. The molecule has 2 rings (SSSR count). The summed E-state index contributed by atoms with van der Waals surface area (Å²) in [6.45, 7) is 7.07. The molecular weight excluding hydrogens is 190 g/mol. The monoisotopic (exact) mass is 207 g/mol. The van der Waals surface area contributed by atoms with Crippen LogP contribution in [-0.4, -0.2) is 18.0 Å². The molecule has 1 saturated heterocycles. The van der Waals surface area contributed by atoms with Crippen molar-refractivity contribution >= 4 is 17.4 Å². The highest BCUT2D eigenvalue weighted by molar-refractivity contribution is 7.08. The first-order chi connectivity index (χ1) is 6.66. The molecule has 0 bridgehead atoms. The average Bonchev–Trinajstić information content (AvgIpc) is 2.70. The topological polar surface area (TPSA) is 3.24 Å². The van der Waals surface area contributed by atoms with Crippen molar-refractivity contribution in [3.05, 3.63) is 28.6 Å². The number of thiophene rings is 1. The molecule has 0 aromatic carbocycles. The van der Waals surface area contributed by atoms with Crippen molar-refractivity contribution in [3.8, 4) is 0 Å². The molecule has 1 aliphatic heterocycles. The SMILES string of the molecule is CC1(C)CCN(/C=C/c2ccsc2)C1. The van der Waals surface area contributed by atoms with Gasteiger partial charge >= 0.3 is 0 Å². The molecule has 1 nitrogen and oxygen atoms in total. The van der Waals surface area contributed by atoms with Crippen LogP contribution >= 0.6 is 11.3 Å². The Kier molecular flexibility index (Phi) is 2.64. The zero-order valence-electron chi connectivity index (χ0n) is 8.86. The molecule has 2 heterocycles. The average molecular weight is 207 g/mol. The van der Waals surface area contributed by atoms with Gasteiger partial charge in [0.25, 0.3) is 0 Å². The summed E-state index contributed by atoms with van der Waals surface area (Å²) in [5, 5.41) is 4.30.